The van der Waals surface area contributed by atoms with Crippen molar-refractivity contribution >= 4 is 17.3 Å². The summed E-state index contributed by atoms with van der Waals surface area (Å²) in [6.07, 6.45) is 0. The SMILES string of the molecule is CC(c1ccccc1F)N(C)CCNc1cccc(Cl)c1. The van der Waals surface area contributed by atoms with E-state index < -0.39 is 0 Å². The highest BCUT2D eigenvalue weighted by Crippen LogP contribution is 2.21. The molecule has 1 unspecified atom stereocenters. The van der Waals surface area contributed by atoms with E-state index in [0.29, 0.717) is 5.02 Å². The van der Waals surface area contributed by atoms with E-state index in [1.54, 1.807) is 6.07 Å². The van der Waals surface area contributed by atoms with Crippen LogP contribution >= 0.6 is 11.6 Å². The summed E-state index contributed by atoms with van der Waals surface area (Å²) in [7, 11) is 2.00. The third-order valence-electron chi connectivity index (χ3n) is 3.63. The zero-order valence-corrected chi connectivity index (χ0v) is 13.1. The average molecular weight is 307 g/mol. The van der Waals surface area contributed by atoms with Crippen molar-refractivity contribution in [1.82, 2.24) is 4.90 Å². The van der Waals surface area contributed by atoms with Gasteiger partial charge in [0.2, 0.25) is 0 Å². The van der Waals surface area contributed by atoms with Gasteiger partial charge in [0.05, 0.1) is 0 Å². The van der Waals surface area contributed by atoms with Gasteiger partial charge in [0, 0.05) is 35.4 Å². The van der Waals surface area contributed by atoms with Crippen LogP contribution in [-0.2, 0) is 0 Å². The molecule has 0 fully saturated rings. The predicted octanol–water partition coefficient (Wildman–Crippen LogP) is 4.58. The molecule has 0 spiro atoms. The number of nitrogens with one attached hydrogen (secondary N) is 1. The number of hydrogen-bond acceptors (Lipinski definition) is 2. The molecule has 0 saturated heterocycles. The van der Waals surface area contributed by atoms with E-state index in [0.717, 1.165) is 24.3 Å². The second kappa shape index (κ2) is 7.43. The van der Waals surface area contributed by atoms with Crippen LogP contribution in [0.2, 0.25) is 5.02 Å². The number of benzene rings is 2. The van der Waals surface area contributed by atoms with Crippen LogP contribution < -0.4 is 5.32 Å². The molecular weight excluding hydrogens is 287 g/mol. The van der Waals surface area contributed by atoms with Crippen molar-refractivity contribution in [3.8, 4) is 0 Å². The van der Waals surface area contributed by atoms with E-state index in [4.69, 9.17) is 11.6 Å². The lowest BCUT2D eigenvalue weighted by atomic mass is 10.1. The summed E-state index contributed by atoms with van der Waals surface area (Å²) in [5.41, 5.74) is 1.72. The first-order valence-corrected chi connectivity index (χ1v) is 7.40. The molecule has 2 rings (SSSR count). The number of rotatable bonds is 6. The fraction of sp³-hybridized carbons (Fsp3) is 0.294. The van der Waals surface area contributed by atoms with Gasteiger partial charge in [-0.05, 0) is 38.2 Å². The van der Waals surface area contributed by atoms with Crippen molar-refractivity contribution < 1.29 is 4.39 Å². The Kier molecular flexibility index (Phi) is 5.59. The Morgan fingerprint density at radius 2 is 1.95 bits per heavy atom. The highest BCUT2D eigenvalue weighted by Gasteiger charge is 2.14. The lowest BCUT2D eigenvalue weighted by molar-refractivity contribution is 0.266. The van der Waals surface area contributed by atoms with Crippen molar-refractivity contribution in [3.05, 3.63) is 64.9 Å². The summed E-state index contributed by atoms with van der Waals surface area (Å²) >= 11 is 5.94. The van der Waals surface area contributed by atoms with Gasteiger partial charge in [-0.3, -0.25) is 4.90 Å². The number of hydrogen-bond donors (Lipinski definition) is 1. The Balaban J connectivity index is 1.87. The minimum Gasteiger partial charge on any atom is -0.384 e. The topological polar surface area (TPSA) is 15.3 Å². The predicted molar refractivity (Wildman–Crippen MR) is 87.4 cm³/mol. The highest BCUT2D eigenvalue weighted by atomic mass is 35.5. The molecule has 2 aromatic rings. The Morgan fingerprint density at radius 3 is 2.67 bits per heavy atom. The van der Waals surface area contributed by atoms with E-state index in [-0.39, 0.29) is 11.9 Å². The van der Waals surface area contributed by atoms with Crippen LogP contribution in [0.5, 0.6) is 0 Å². The Morgan fingerprint density at radius 1 is 1.19 bits per heavy atom. The van der Waals surface area contributed by atoms with E-state index in [1.165, 1.54) is 6.07 Å². The van der Waals surface area contributed by atoms with E-state index in [1.807, 2.05) is 50.4 Å². The van der Waals surface area contributed by atoms with Crippen LogP contribution in [0, 0.1) is 5.82 Å². The lowest BCUT2D eigenvalue weighted by Gasteiger charge is -2.25. The molecule has 2 aromatic carbocycles. The summed E-state index contributed by atoms with van der Waals surface area (Å²) in [5, 5.41) is 4.03. The summed E-state index contributed by atoms with van der Waals surface area (Å²) in [5.74, 6) is -0.153. The summed E-state index contributed by atoms with van der Waals surface area (Å²) in [4.78, 5) is 2.12. The van der Waals surface area contributed by atoms with Crippen LogP contribution in [0.3, 0.4) is 0 Å². The van der Waals surface area contributed by atoms with Crippen LogP contribution in [0.4, 0.5) is 10.1 Å². The molecule has 0 aliphatic rings. The maximum absolute atomic E-state index is 13.8. The fourth-order valence-corrected chi connectivity index (χ4v) is 2.41. The molecule has 0 heterocycles. The molecule has 4 heteroatoms. The van der Waals surface area contributed by atoms with Gasteiger partial charge in [0.1, 0.15) is 5.82 Å². The van der Waals surface area contributed by atoms with Gasteiger partial charge < -0.3 is 5.32 Å². The van der Waals surface area contributed by atoms with E-state index >= 15 is 0 Å². The van der Waals surface area contributed by atoms with Gasteiger partial charge in [-0.1, -0.05) is 35.9 Å². The van der Waals surface area contributed by atoms with Gasteiger partial charge in [0.15, 0.2) is 0 Å². The Labute approximate surface area is 130 Å². The lowest BCUT2D eigenvalue weighted by Crippen LogP contribution is -2.28. The molecule has 112 valence electrons. The first-order chi connectivity index (χ1) is 10.1. The van der Waals surface area contributed by atoms with Crippen LogP contribution in [-0.4, -0.2) is 25.0 Å². The second-order valence-corrected chi connectivity index (χ2v) is 5.55. The highest BCUT2D eigenvalue weighted by molar-refractivity contribution is 6.30. The van der Waals surface area contributed by atoms with Crippen LogP contribution in [0.15, 0.2) is 48.5 Å². The fourth-order valence-electron chi connectivity index (χ4n) is 2.22. The second-order valence-electron chi connectivity index (χ2n) is 5.12. The largest absolute Gasteiger partial charge is 0.384 e. The first-order valence-electron chi connectivity index (χ1n) is 7.02. The van der Waals surface area contributed by atoms with Crippen LogP contribution in [0.1, 0.15) is 18.5 Å². The molecule has 0 saturated carbocycles. The molecule has 2 nitrogen and oxygen atoms in total. The van der Waals surface area contributed by atoms with Gasteiger partial charge in [0.25, 0.3) is 0 Å². The minimum atomic E-state index is -0.153. The first kappa shape index (κ1) is 15.8. The molecule has 0 aromatic heterocycles. The number of halogens is 2. The molecule has 0 amide bonds. The Hall–Kier alpha value is -1.58. The number of likely N-dealkylation sites (N-methyl/N-ethyl adjacent to an activating group) is 1. The molecule has 1 atom stereocenters. The quantitative estimate of drug-likeness (QED) is 0.840. The number of nitrogens with zero attached hydrogens (tertiary/aromatic N) is 1. The standard InChI is InChI=1S/C17H20ClFN2/c1-13(16-8-3-4-9-17(16)19)21(2)11-10-20-15-7-5-6-14(18)12-15/h3-9,12-13,20H,10-11H2,1-2H3. The molecule has 1 N–H and O–H groups in total. The summed E-state index contributed by atoms with van der Waals surface area (Å²) in [6, 6.07) is 14.6. The molecule has 0 bridgehead atoms. The maximum atomic E-state index is 13.8. The van der Waals surface area contributed by atoms with Crippen molar-refractivity contribution in [2.24, 2.45) is 0 Å². The van der Waals surface area contributed by atoms with Gasteiger partial charge >= 0.3 is 0 Å². The minimum absolute atomic E-state index is 0.0346. The third-order valence-corrected chi connectivity index (χ3v) is 3.87. The smallest absolute Gasteiger partial charge is 0.127 e. The maximum Gasteiger partial charge on any atom is 0.127 e. The Bertz CT molecular complexity index is 589. The molecule has 21 heavy (non-hydrogen) atoms. The summed E-state index contributed by atoms with van der Waals surface area (Å²) < 4.78 is 13.8. The summed E-state index contributed by atoms with van der Waals surface area (Å²) in [6.45, 7) is 3.59. The van der Waals surface area contributed by atoms with Gasteiger partial charge in [-0.15, -0.1) is 0 Å². The van der Waals surface area contributed by atoms with Gasteiger partial charge in [-0.25, -0.2) is 4.39 Å². The van der Waals surface area contributed by atoms with Crippen molar-refractivity contribution in [2.75, 3.05) is 25.5 Å². The van der Waals surface area contributed by atoms with Crippen molar-refractivity contribution in [3.63, 3.8) is 0 Å². The van der Waals surface area contributed by atoms with E-state index in [2.05, 4.69) is 10.2 Å². The molecule has 0 aliphatic carbocycles. The zero-order chi connectivity index (χ0) is 15.2. The van der Waals surface area contributed by atoms with E-state index in [9.17, 15) is 4.39 Å². The molecular formula is C17H20ClFN2. The molecule has 0 aliphatic heterocycles. The van der Waals surface area contributed by atoms with Crippen molar-refractivity contribution in [2.45, 2.75) is 13.0 Å². The normalized spacial score (nSPS) is 12.4. The third kappa shape index (κ3) is 4.45. The average Bonchev–Trinajstić information content (AvgIpc) is 2.47. The monoisotopic (exact) mass is 306 g/mol. The van der Waals surface area contributed by atoms with Crippen molar-refractivity contribution in [1.29, 1.82) is 0 Å². The molecule has 0 radical (unpaired) electrons. The number of anilines is 1. The van der Waals surface area contributed by atoms with Gasteiger partial charge in [-0.2, -0.15) is 0 Å². The zero-order valence-electron chi connectivity index (χ0n) is 12.3. The van der Waals surface area contributed by atoms with Crippen LogP contribution in [0.25, 0.3) is 0 Å².